The zero-order valence-electron chi connectivity index (χ0n) is 7.00. The molecule has 12 heavy (non-hydrogen) atoms. The average molecular weight is 164 g/mol. The summed E-state index contributed by atoms with van der Waals surface area (Å²) in [5, 5.41) is 2.58. The summed E-state index contributed by atoms with van der Waals surface area (Å²) in [4.78, 5) is 10.1. The fourth-order valence-electron chi connectivity index (χ4n) is 1.08. The lowest BCUT2D eigenvalue weighted by Crippen LogP contribution is -2.00. The molecule has 0 atom stereocenters. The molecule has 0 heterocycles. The molecular weight excluding hydrogens is 152 g/mol. The number of rotatable bonds is 3. The molecule has 1 amide bonds. The van der Waals surface area contributed by atoms with Gasteiger partial charge >= 0.3 is 0 Å². The van der Waals surface area contributed by atoms with E-state index < -0.39 is 0 Å². The van der Waals surface area contributed by atoms with Gasteiger partial charge in [-0.15, -0.1) is 0 Å². The summed E-state index contributed by atoms with van der Waals surface area (Å²) < 4.78 is 0. The van der Waals surface area contributed by atoms with Gasteiger partial charge < -0.3 is 11.1 Å². The van der Waals surface area contributed by atoms with E-state index in [0.717, 1.165) is 16.8 Å². The molecule has 0 fully saturated rings. The molecule has 0 saturated heterocycles. The maximum atomic E-state index is 10.1. The smallest absolute Gasteiger partial charge is 0.211 e. The van der Waals surface area contributed by atoms with E-state index in [0.29, 0.717) is 13.0 Å². The van der Waals surface area contributed by atoms with Gasteiger partial charge in [0.15, 0.2) is 0 Å². The Morgan fingerprint density at radius 2 is 2.33 bits per heavy atom. The quantitative estimate of drug-likeness (QED) is 0.655. The fraction of sp³-hybridized carbons (Fsp3) is 0.222. The lowest BCUT2D eigenvalue weighted by molar-refractivity contribution is -0.105. The Hall–Kier alpha value is -1.35. The number of nitrogens with one attached hydrogen (secondary N) is 1. The molecule has 0 saturated carbocycles. The summed E-state index contributed by atoms with van der Waals surface area (Å²) in [5.41, 5.74) is 8.49. The van der Waals surface area contributed by atoms with Crippen LogP contribution in [0.5, 0.6) is 0 Å². The van der Waals surface area contributed by atoms with Crippen molar-refractivity contribution in [3.05, 3.63) is 29.3 Å². The Bertz CT molecular complexity index is 284. The molecular formula is C9H12N2O. The van der Waals surface area contributed by atoms with Crippen molar-refractivity contribution in [2.24, 2.45) is 5.73 Å². The largest absolute Gasteiger partial charge is 0.329 e. The van der Waals surface area contributed by atoms with Gasteiger partial charge in [-0.25, -0.2) is 0 Å². The van der Waals surface area contributed by atoms with Crippen molar-refractivity contribution in [2.45, 2.75) is 13.5 Å². The molecule has 1 rings (SSSR count). The van der Waals surface area contributed by atoms with Crippen LogP contribution in [0.4, 0.5) is 5.69 Å². The second kappa shape index (κ2) is 3.88. The van der Waals surface area contributed by atoms with Crippen molar-refractivity contribution in [1.82, 2.24) is 0 Å². The highest BCUT2D eigenvalue weighted by atomic mass is 16.1. The predicted molar refractivity (Wildman–Crippen MR) is 48.8 cm³/mol. The van der Waals surface area contributed by atoms with Crippen molar-refractivity contribution in [3.63, 3.8) is 0 Å². The van der Waals surface area contributed by atoms with E-state index in [2.05, 4.69) is 5.32 Å². The normalized spacial score (nSPS) is 9.50. The first kappa shape index (κ1) is 8.74. The van der Waals surface area contributed by atoms with Crippen molar-refractivity contribution in [2.75, 3.05) is 5.32 Å². The Morgan fingerprint density at radius 3 is 2.83 bits per heavy atom. The van der Waals surface area contributed by atoms with E-state index >= 15 is 0 Å². The topological polar surface area (TPSA) is 55.1 Å². The average Bonchev–Trinajstić information content (AvgIpc) is 2.05. The number of benzene rings is 1. The van der Waals surface area contributed by atoms with Crippen LogP contribution in [-0.2, 0) is 11.3 Å². The minimum Gasteiger partial charge on any atom is -0.329 e. The number of hydrogen-bond donors (Lipinski definition) is 2. The third-order valence-corrected chi connectivity index (χ3v) is 1.79. The number of nitrogens with two attached hydrogens (primary N) is 1. The number of carbonyl (C=O) groups is 1. The second-order valence-electron chi connectivity index (χ2n) is 2.61. The van der Waals surface area contributed by atoms with Crippen LogP contribution in [0.2, 0.25) is 0 Å². The molecule has 0 bridgehead atoms. The summed E-state index contributed by atoms with van der Waals surface area (Å²) in [5.74, 6) is 0. The van der Waals surface area contributed by atoms with E-state index in [4.69, 9.17) is 5.73 Å². The van der Waals surface area contributed by atoms with E-state index in [9.17, 15) is 4.79 Å². The van der Waals surface area contributed by atoms with Gasteiger partial charge in [-0.1, -0.05) is 6.07 Å². The van der Waals surface area contributed by atoms with Crippen LogP contribution < -0.4 is 11.1 Å². The van der Waals surface area contributed by atoms with Gasteiger partial charge in [0.1, 0.15) is 0 Å². The number of anilines is 1. The van der Waals surface area contributed by atoms with Gasteiger partial charge in [-0.3, -0.25) is 4.79 Å². The predicted octanol–water partition coefficient (Wildman–Crippen LogP) is 1.02. The minimum absolute atomic E-state index is 0.535. The maximum Gasteiger partial charge on any atom is 0.211 e. The number of carbonyl (C=O) groups excluding carboxylic acids is 1. The molecule has 0 spiro atoms. The van der Waals surface area contributed by atoms with Crippen molar-refractivity contribution < 1.29 is 4.79 Å². The van der Waals surface area contributed by atoms with Crippen LogP contribution in [0.1, 0.15) is 11.1 Å². The van der Waals surface area contributed by atoms with Gasteiger partial charge in [0, 0.05) is 12.2 Å². The molecule has 1 aromatic carbocycles. The van der Waals surface area contributed by atoms with Gasteiger partial charge in [0.25, 0.3) is 0 Å². The first-order chi connectivity index (χ1) is 5.77. The molecule has 0 aliphatic rings. The summed E-state index contributed by atoms with van der Waals surface area (Å²) in [6, 6.07) is 5.65. The minimum atomic E-state index is 0.535. The highest BCUT2D eigenvalue weighted by molar-refractivity contribution is 5.71. The van der Waals surface area contributed by atoms with Crippen molar-refractivity contribution >= 4 is 12.1 Å². The molecule has 1 aromatic rings. The first-order valence-electron chi connectivity index (χ1n) is 3.77. The first-order valence-corrected chi connectivity index (χ1v) is 3.77. The van der Waals surface area contributed by atoms with E-state index in [1.54, 1.807) is 0 Å². The van der Waals surface area contributed by atoms with Crippen LogP contribution in [0.15, 0.2) is 18.2 Å². The van der Waals surface area contributed by atoms with Gasteiger partial charge in [0.05, 0.1) is 0 Å². The molecule has 0 unspecified atom stereocenters. The lowest BCUT2D eigenvalue weighted by atomic mass is 10.1. The van der Waals surface area contributed by atoms with Gasteiger partial charge in [-0.05, 0) is 30.2 Å². The fourth-order valence-corrected chi connectivity index (χ4v) is 1.08. The maximum absolute atomic E-state index is 10.1. The van der Waals surface area contributed by atoms with Crippen LogP contribution in [0.25, 0.3) is 0 Å². The zero-order chi connectivity index (χ0) is 8.97. The summed E-state index contributed by atoms with van der Waals surface area (Å²) in [6.07, 6.45) is 0.664. The Morgan fingerprint density at radius 1 is 1.58 bits per heavy atom. The van der Waals surface area contributed by atoms with Crippen LogP contribution in [-0.4, -0.2) is 6.41 Å². The third-order valence-electron chi connectivity index (χ3n) is 1.79. The van der Waals surface area contributed by atoms with E-state index in [-0.39, 0.29) is 0 Å². The van der Waals surface area contributed by atoms with E-state index in [1.165, 1.54) is 0 Å². The highest BCUT2D eigenvalue weighted by Crippen LogP contribution is 2.13. The Labute approximate surface area is 71.6 Å². The Kier molecular flexibility index (Phi) is 2.82. The molecule has 64 valence electrons. The van der Waals surface area contributed by atoms with Crippen LogP contribution >= 0.6 is 0 Å². The number of hydrogen-bond acceptors (Lipinski definition) is 2. The van der Waals surface area contributed by atoms with Crippen LogP contribution in [0.3, 0.4) is 0 Å². The summed E-state index contributed by atoms with van der Waals surface area (Å²) in [6.45, 7) is 2.51. The zero-order valence-corrected chi connectivity index (χ0v) is 7.00. The van der Waals surface area contributed by atoms with E-state index in [1.807, 2.05) is 25.1 Å². The second-order valence-corrected chi connectivity index (χ2v) is 2.61. The lowest BCUT2D eigenvalue weighted by Gasteiger charge is -2.04. The molecule has 0 aliphatic carbocycles. The number of amides is 1. The Balaban J connectivity index is 2.93. The molecule has 0 radical (unpaired) electrons. The molecule has 0 aliphatic heterocycles. The van der Waals surface area contributed by atoms with Crippen molar-refractivity contribution in [3.8, 4) is 0 Å². The van der Waals surface area contributed by atoms with Crippen molar-refractivity contribution in [1.29, 1.82) is 0 Å². The summed E-state index contributed by atoms with van der Waals surface area (Å²) in [7, 11) is 0. The number of aryl methyl sites for hydroxylation is 1. The molecule has 0 aromatic heterocycles. The SMILES string of the molecule is Cc1cc(NC=O)ccc1CN. The van der Waals surface area contributed by atoms with Gasteiger partial charge in [-0.2, -0.15) is 0 Å². The molecule has 3 N–H and O–H groups in total. The summed E-state index contributed by atoms with van der Waals surface area (Å²) >= 11 is 0. The third kappa shape index (κ3) is 1.83. The van der Waals surface area contributed by atoms with Gasteiger partial charge in [0.2, 0.25) is 6.41 Å². The standard InChI is InChI=1S/C9H12N2O/c1-7-4-9(11-6-12)3-2-8(7)5-10/h2-4,6H,5,10H2,1H3,(H,11,12). The highest BCUT2D eigenvalue weighted by Gasteiger charge is 1.96. The van der Waals surface area contributed by atoms with Crippen LogP contribution in [0, 0.1) is 6.92 Å². The molecule has 3 heteroatoms. The molecule has 3 nitrogen and oxygen atoms in total. The monoisotopic (exact) mass is 164 g/mol.